The molecule has 0 amide bonds. The Morgan fingerprint density at radius 3 is 2.59 bits per heavy atom. The standard InChI is InChI=1S/C36H39N2P/c1-6-26(4)12-9-10-13-28-14-11-15-30(23-28)32-18-17-29(7-2)31(24-32)19-21-36-37-34(25-38(36)8-3)33-20-16-27(5)22-35(33)39/h1,11,14-25H,4,7-10,12-13,39H2,2-3,5H3/b21-19+. The van der Waals surface area contributed by atoms with E-state index in [0.717, 1.165) is 61.3 Å². The molecule has 4 rings (SSSR count). The molecule has 1 unspecified atom stereocenters. The van der Waals surface area contributed by atoms with Crippen LogP contribution < -0.4 is 5.30 Å². The van der Waals surface area contributed by atoms with Crippen molar-refractivity contribution >= 4 is 26.7 Å². The topological polar surface area (TPSA) is 17.8 Å². The largest absolute Gasteiger partial charge is 0.331 e. The number of terminal acetylenes is 1. The molecule has 0 bridgehead atoms. The zero-order valence-corrected chi connectivity index (χ0v) is 24.7. The lowest BCUT2D eigenvalue weighted by molar-refractivity contribution is 0.739. The molecule has 3 heteroatoms. The predicted octanol–water partition coefficient (Wildman–Crippen LogP) is 8.68. The Hall–Kier alpha value is -3.66. The average molecular weight is 531 g/mol. The van der Waals surface area contributed by atoms with Gasteiger partial charge in [0.15, 0.2) is 0 Å². The van der Waals surface area contributed by atoms with Crippen LogP contribution in [-0.4, -0.2) is 9.55 Å². The smallest absolute Gasteiger partial charge is 0.133 e. The SMILES string of the molecule is C#CC(=C)CCCCc1cccc(-c2ccc(CC)c(/C=C/c3nc(-c4ccc(C)cc4P)cn3CC)c2)c1. The van der Waals surface area contributed by atoms with Crippen LogP contribution in [0.3, 0.4) is 0 Å². The van der Waals surface area contributed by atoms with E-state index in [1.54, 1.807) is 0 Å². The second-order valence-corrected chi connectivity index (χ2v) is 10.7. The van der Waals surface area contributed by atoms with Gasteiger partial charge >= 0.3 is 0 Å². The lowest BCUT2D eigenvalue weighted by atomic mass is 9.95. The van der Waals surface area contributed by atoms with Crippen LogP contribution >= 0.6 is 9.24 Å². The summed E-state index contributed by atoms with van der Waals surface area (Å²) in [7, 11) is 2.85. The van der Waals surface area contributed by atoms with Crippen molar-refractivity contribution in [3.63, 3.8) is 0 Å². The Balaban J connectivity index is 1.57. The van der Waals surface area contributed by atoms with Crippen LogP contribution in [0.4, 0.5) is 0 Å². The van der Waals surface area contributed by atoms with Crippen molar-refractivity contribution < 1.29 is 0 Å². The van der Waals surface area contributed by atoms with Crippen LogP contribution in [-0.2, 0) is 19.4 Å². The molecule has 4 aromatic rings. The zero-order chi connectivity index (χ0) is 27.8. The minimum atomic E-state index is 0.870. The average Bonchev–Trinajstić information content (AvgIpc) is 3.36. The molecular formula is C36H39N2P. The summed E-state index contributed by atoms with van der Waals surface area (Å²) in [6, 6.07) is 22.2. The van der Waals surface area contributed by atoms with Gasteiger partial charge < -0.3 is 4.57 Å². The molecule has 0 saturated carbocycles. The molecule has 0 fully saturated rings. The van der Waals surface area contributed by atoms with E-state index < -0.39 is 0 Å². The van der Waals surface area contributed by atoms with Gasteiger partial charge in [0.2, 0.25) is 0 Å². The maximum absolute atomic E-state index is 5.43. The van der Waals surface area contributed by atoms with Crippen molar-refractivity contribution in [1.29, 1.82) is 0 Å². The van der Waals surface area contributed by atoms with Crippen LogP contribution in [0.15, 0.2) is 79.0 Å². The first-order valence-corrected chi connectivity index (χ1v) is 14.5. The zero-order valence-electron chi connectivity index (χ0n) is 23.5. The second kappa shape index (κ2) is 13.4. The fraction of sp³-hybridized carbons (Fsp3) is 0.250. The van der Waals surface area contributed by atoms with E-state index in [1.165, 1.54) is 38.7 Å². The highest BCUT2D eigenvalue weighted by molar-refractivity contribution is 7.28. The van der Waals surface area contributed by atoms with E-state index in [-0.39, 0.29) is 0 Å². The molecule has 1 aromatic heterocycles. The third kappa shape index (κ3) is 7.26. The minimum Gasteiger partial charge on any atom is -0.331 e. The Morgan fingerprint density at radius 1 is 1.03 bits per heavy atom. The summed E-state index contributed by atoms with van der Waals surface area (Å²) in [4.78, 5) is 5.00. The number of aromatic nitrogens is 2. The lowest BCUT2D eigenvalue weighted by Gasteiger charge is -2.10. The number of hydrogen-bond acceptors (Lipinski definition) is 1. The van der Waals surface area contributed by atoms with Crippen molar-refractivity contribution in [2.24, 2.45) is 0 Å². The first-order valence-electron chi connectivity index (χ1n) is 13.9. The molecule has 198 valence electrons. The van der Waals surface area contributed by atoms with Gasteiger partial charge in [-0.3, -0.25) is 0 Å². The molecule has 39 heavy (non-hydrogen) atoms. The molecule has 0 saturated heterocycles. The van der Waals surface area contributed by atoms with Crippen molar-refractivity contribution in [2.45, 2.75) is 59.4 Å². The van der Waals surface area contributed by atoms with E-state index in [2.05, 4.69) is 126 Å². The molecule has 0 aliphatic rings. The summed E-state index contributed by atoms with van der Waals surface area (Å²) in [5.74, 6) is 3.61. The molecule has 1 heterocycles. The number of hydrogen-bond donors (Lipinski definition) is 0. The van der Waals surface area contributed by atoms with Crippen molar-refractivity contribution in [3.8, 4) is 34.7 Å². The monoisotopic (exact) mass is 530 g/mol. The number of rotatable bonds is 11. The molecule has 2 nitrogen and oxygen atoms in total. The van der Waals surface area contributed by atoms with E-state index in [1.807, 2.05) is 0 Å². The highest BCUT2D eigenvalue weighted by atomic mass is 31.0. The molecule has 0 aliphatic heterocycles. The second-order valence-electron chi connectivity index (χ2n) is 10.1. The predicted molar refractivity (Wildman–Crippen MR) is 173 cm³/mol. The fourth-order valence-electron chi connectivity index (χ4n) is 4.92. The van der Waals surface area contributed by atoms with Crippen molar-refractivity contribution in [1.82, 2.24) is 9.55 Å². The van der Waals surface area contributed by atoms with Gasteiger partial charge in [0.25, 0.3) is 0 Å². The highest BCUT2D eigenvalue weighted by Gasteiger charge is 2.10. The lowest BCUT2D eigenvalue weighted by Crippen LogP contribution is -1.97. The van der Waals surface area contributed by atoms with E-state index in [0.29, 0.717) is 0 Å². The Bertz CT molecular complexity index is 1530. The summed E-state index contributed by atoms with van der Waals surface area (Å²) in [5, 5.41) is 1.17. The number of benzene rings is 3. The van der Waals surface area contributed by atoms with Gasteiger partial charge in [0, 0.05) is 18.3 Å². The molecule has 0 aliphatic carbocycles. The third-order valence-corrected chi connectivity index (χ3v) is 7.71. The maximum Gasteiger partial charge on any atom is 0.133 e. The first kappa shape index (κ1) is 28.4. The van der Waals surface area contributed by atoms with Crippen LogP contribution in [0.25, 0.3) is 34.5 Å². The summed E-state index contributed by atoms with van der Waals surface area (Å²) in [5.41, 5.74) is 10.7. The van der Waals surface area contributed by atoms with E-state index in [4.69, 9.17) is 11.4 Å². The molecule has 0 N–H and O–H groups in total. The van der Waals surface area contributed by atoms with Gasteiger partial charge in [-0.15, -0.1) is 15.7 Å². The maximum atomic E-state index is 5.43. The molecular weight excluding hydrogens is 491 g/mol. The Labute approximate surface area is 237 Å². The van der Waals surface area contributed by atoms with Gasteiger partial charge in [-0.2, -0.15) is 0 Å². The number of allylic oxidation sites excluding steroid dienone is 1. The normalized spacial score (nSPS) is 11.2. The number of unbranched alkanes of at least 4 members (excludes halogenated alkanes) is 1. The summed E-state index contributed by atoms with van der Waals surface area (Å²) in [6.07, 6.45) is 17.1. The van der Waals surface area contributed by atoms with Crippen LogP contribution in [0.2, 0.25) is 0 Å². The minimum absolute atomic E-state index is 0.870. The summed E-state index contributed by atoms with van der Waals surface area (Å²) >= 11 is 0. The Morgan fingerprint density at radius 2 is 1.85 bits per heavy atom. The molecule has 3 aromatic carbocycles. The van der Waals surface area contributed by atoms with E-state index in [9.17, 15) is 0 Å². The Kier molecular flexibility index (Phi) is 9.75. The van der Waals surface area contributed by atoms with Crippen LogP contribution in [0, 0.1) is 19.3 Å². The number of nitrogens with zero attached hydrogens (tertiary/aromatic N) is 2. The number of aryl methyl sites for hydroxylation is 4. The van der Waals surface area contributed by atoms with Crippen LogP contribution in [0.1, 0.15) is 61.2 Å². The fourth-order valence-corrected chi connectivity index (χ4v) is 5.43. The first-order chi connectivity index (χ1) is 18.9. The van der Waals surface area contributed by atoms with Gasteiger partial charge in [-0.1, -0.05) is 85.7 Å². The van der Waals surface area contributed by atoms with E-state index >= 15 is 0 Å². The quantitative estimate of drug-likeness (QED) is 0.108. The van der Waals surface area contributed by atoms with Crippen molar-refractivity contribution in [2.75, 3.05) is 0 Å². The molecule has 0 spiro atoms. The van der Waals surface area contributed by atoms with Gasteiger partial charge in [-0.25, -0.2) is 4.98 Å². The number of imidazole rings is 1. The summed E-state index contributed by atoms with van der Waals surface area (Å²) in [6.45, 7) is 11.3. The van der Waals surface area contributed by atoms with Gasteiger partial charge in [-0.05, 0) is 96.8 Å². The van der Waals surface area contributed by atoms with Gasteiger partial charge in [0.1, 0.15) is 5.82 Å². The molecule has 0 radical (unpaired) electrons. The van der Waals surface area contributed by atoms with Gasteiger partial charge in [0.05, 0.1) is 5.69 Å². The third-order valence-electron chi connectivity index (χ3n) is 7.23. The molecule has 1 atom stereocenters. The van der Waals surface area contributed by atoms with Crippen molar-refractivity contribution in [3.05, 3.63) is 107 Å². The summed E-state index contributed by atoms with van der Waals surface area (Å²) < 4.78 is 2.22. The van der Waals surface area contributed by atoms with Crippen LogP contribution in [0.5, 0.6) is 0 Å². The highest BCUT2D eigenvalue weighted by Crippen LogP contribution is 2.27.